The second kappa shape index (κ2) is 8.57. The van der Waals surface area contributed by atoms with Crippen LogP contribution in [0.2, 0.25) is 0 Å². The van der Waals surface area contributed by atoms with E-state index in [2.05, 4.69) is 0 Å². The van der Waals surface area contributed by atoms with Crippen LogP contribution < -0.4 is 5.63 Å². The first kappa shape index (κ1) is 21.7. The van der Waals surface area contributed by atoms with Crippen LogP contribution in [-0.4, -0.2) is 32.3 Å². The van der Waals surface area contributed by atoms with Crippen molar-refractivity contribution in [2.45, 2.75) is 18.4 Å². The smallest absolute Gasteiger partial charge is 0.336 e. The molecular weight excluding hydrogens is 430 g/mol. The van der Waals surface area contributed by atoms with E-state index in [0.717, 1.165) is 20.6 Å². The summed E-state index contributed by atoms with van der Waals surface area (Å²) >= 11 is 0. The van der Waals surface area contributed by atoms with Crippen molar-refractivity contribution in [3.05, 3.63) is 88.3 Å². The van der Waals surface area contributed by atoms with Crippen molar-refractivity contribution in [3.8, 4) is 0 Å². The summed E-state index contributed by atoms with van der Waals surface area (Å²) in [6, 6.07) is 18.8. The molecule has 0 atom stereocenters. The molecule has 0 bridgehead atoms. The summed E-state index contributed by atoms with van der Waals surface area (Å²) in [4.78, 5) is 24.5. The number of esters is 1. The number of rotatable bonds is 6. The number of carbonyl (C=O) groups excluding carboxylic acids is 1. The molecule has 0 N–H and O–H groups in total. The fourth-order valence-corrected chi connectivity index (χ4v) is 4.61. The van der Waals surface area contributed by atoms with Gasteiger partial charge in [0.05, 0.1) is 4.90 Å². The second-order valence-corrected chi connectivity index (χ2v) is 9.53. The number of aryl methyl sites for hydroxylation is 1. The highest BCUT2D eigenvalue weighted by Gasteiger charge is 2.23. The predicted octanol–water partition coefficient (Wildman–Crippen LogP) is 3.62. The standard InChI is InChI=1S/C24H21NO6S/c1-16-7-10-19(11-8-16)32(28,29)25(2)14-23(27)30-15-18-13-22(26)31-21-12-9-17-5-3-4-6-20(17)24(18)21/h3-13H,14-15H2,1-2H3. The molecule has 3 aromatic carbocycles. The topological polar surface area (TPSA) is 93.9 Å². The van der Waals surface area contributed by atoms with Gasteiger partial charge in [0.15, 0.2) is 0 Å². The van der Waals surface area contributed by atoms with E-state index in [-0.39, 0.29) is 11.5 Å². The third-order valence-electron chi connectivity index (χ3n) is 5.18. The maximum absolute atomic E-state index is 12.7. The van der Waals surface area contributed by atoms with E-state index in [1.54, 1.807) is 18.2 Å². The van der Waals surface area contributed by atoms with Crippen molar-refractivity contribution in [3.63, 3.8) is 0 Å². The zero-order valence-electron chi connectivity index (χ0n) is 17.6. The summed E-state index contributed by atoms with van der Waals surface area (Å²) in [5.74, 6) is -0.732. The van der Waals surface area contributed by atoms with E-state index in [9.17, 15) is 18.0 Å². The fraction of sp³-hybridized carbons (Fsp3) is 0.167. The Bertz CT molecular complexity index is 1470. The summed E-state index contributed by atoms with van der Waals surface area (Å²) in [6.45, 7) is 1.21. The molecule has 0 aliphatic rings. The maximum Gasteiger partial charge on any atom is 0.336 e. The van der Waals surface area contributed by atoms with Crippen LogP contribution in [0.5, 0.6) is 0 Å². The molecule has 1 aromatic heterocycles. The van der Waals surface area contributed by atoms with Crippen molar-refractivity contribution < 1.29 is 22.4 Å². The van der Waals surface area contributed by atoms with E-state index in [0.29, 0.717) is 16.5 Å². The Morgan fingerprint density at radius 2 is 1.75 bits per heavy atom. The second-order valence-electron chi connectivity index (χ2n) is 7.49. The molecule has 0 radical (unpaired) electrons. The van der Waals surface area contributed by atoms with Gasteiger partial charge in [-0.2, -0.15) is 4.31 Å². The van der Waals surface area contributed by atoms with Crippen molar-refractivity contribution >= 4 is 37.7 Å². The number of hydrogen-bond donors (Lipinski definition) is 0. The predicted molar refractivity (Wildman–Crippen MR) is 121 cm³/mol. The average Bonchev–Trinajstić information content (AvgIpc) is 2.77. The molecule has 32 heavy (non-hydrogen) atoms. The van der Waals surface area contributed by atoms with Gasteiger partial charge in [0, 0.05) is 24.1 Å². The Hall–Kier alpha value is -3.49. The van der Waals surface area contributed by atoms with Crippen LogP contribution in [0.25, 0.3) is 21.7 Å². The maximum atomic E-state index is 12.7. The fourth-order valence-electron chi connectivity index (χ4n) is 3.49. The normalized spacial score (nSPS) is 11.8. The molecule has 0 spiro atoms. The van der Waals surface area contributed by atoms with Gasteiger partial charge in [-0.25, -0.2) is 13.2 Å². The highest BCUT2D eigenvalue weighted by molar-refractivity contribution is 7.89. The molecule has 0 unspecified atom stereocenters. The number of hydrogen-bond acceptors (Lipinski definition) is 6. The third kappa shape index (κ3) is 4.28. The lowest BCUT2D eigenvalue weighted by molar-refractivity contribution is -0.144. The van der Waals surface area contributed by atoms with Crippen molar-refractivity contribution in [1.29, 1.82) is 0 Å². The van der Waals surface area contributed by atoms with E-state index < -0.39 is 28.2 Å². The van der Waals surface area contributed by atoms with E-state index in [4.69, 9.17) is 9.15 Å². The van der Waals surface area contributed by atoms with Crippen molar-refractivity contribution in [2.24, 2.45) is 0 Å². The Morgan fingerprint density at radius 3 is 2.50 bits per heavy atom. The van der Waals surface area contributed by atoms with Crippen LogP contribution in [0.3, 0.4) is 0 Å². The molecule has 0 fully saturated rings. The number of benzene rings is 3. The first-order chi connectivity index (χ1) is 15.3. The van der Waals surface area contributed by atoms with E-state index in [1.807, 2.05) is 37.3 Å². The average molecular weight is 452 g/mol. The van der Waals surface area contributed by atoms with Gasteiger partial charge in [-0.1, -0.05) is 48.0 Å². The third-order valence-corrected chi connectivity index (χ3v) is 7.00. The van der Waals surface area contributed by atoms with Gasteiger partial charge in [0.1, 0.15) is 18.7 Å². The molecule has 7 nitrogen and oxygen atoms in total. The minimum Gasteiger partial charge on any atom is -0.460 e. The van der Waals surface area contributed by atoms with Crippen LogP contribution >= 0.6 is 0 Å². The van der Waals surface area contributed by atoms with Gasteiger partial charge >= 0.3 is 11.6 Å². The van der Waals surface area contributed by atoms with Gasteiger partial charge in [0.25, 0.3) is 0 Å². The number of carbonyl (C=O) groups is 1. The van der Waals surface area contributed by atoms with Crippen LogP contribution in [0.4, 0.5) is 0 Å². The zero-order chi connectivity index (χ0) is 22.9. The minimum atomic E-state index is -3.84. The van der Waals surface area contributed by atoms with Crippen molar-refractivity contribution in [2.75, 3.05) is 13.6 Å². The van der Waals surface area contributed by atoms with Gasteiger partial charge in [-0.3, -0.25) is 4.79 Å². The molecule has 164 valence electrons. The molecular formula is C24H21NO6S. The summed E-state index contributed by atoms with van der Waals surface area (Å²) in [5.41, 5.74) is 1.25. The molecule has 1 heterocycles. The molecule has 0 saturated heterocycles. The van der Waals surface area contributed by atoms with Gasteiger partial charge in [0.2, 0.25) is 10.0 Å². The first-order valence-corrected chi connectivity index (χ1v) is 11.3. The highest BCUT2D eigenvalue weighted by atomic mass is 32.2. The quantitative estimate of drug-likeness (QED) is 0.253. The Kier molecular flexibility index (Phi) is 5.82. The van der Waals surface area contributed by atoms with Gasteiger partial charge < -0.3 is 9.15 Å². The Morgan fingerprint density at radius 1 is 1.03 bits per heavy atom. The largest absolute Gasteiger partial charge is 0.460 e. The number of nitrogens with zero attached hydrogens (tertiary/aromatic N) is 1. The first-order valence-electron chi connectivity index (χ1n) is 9.89. The van der Waals surface area contributed by atoms with Crippen LogP contribution in [-0.2, 0) is 26.2 Å². The molecule has 0 aliphatic heterocycles. The lowest BCUT2D eigenvalue weighted by Crippen LogP contribution is -2.33. The summed E-state index contributed by atoms with van der Waals surface area (Å²) in [6.07, 6.45) is 0. The van der Waals surface area contributed by atoms with Crippen LogP contribution in [0.1, 0.15) is 11.1 Å². The van der Waals surface area contributed by atoms with Gasteiger partial charge in [-0.15, -0.1) is 0 Å². The molecule has 0 saturated carbocycles. The number of ether oxygens (including phenoxy) is 1. The summed E-state index contributed by atoms with van der Waals surface area (Å²) in [7, 11) is -2.52. The van der Waals surface area contributed by atoms with Crippen molar-refractivity contribution in [1.82, 2.24) is 4.31 Å². The zero-order valence-corrected chi connectivity index (χ0v) is 18.4. The molecule has 4 rings (SSSR count). The van der Waals surface area contributed by atoms with Crippen LogP contribution in [0.15, 0.2) is 80.8 Å². The Balaban J connectivity index is 1.55. The molecule has 4 aromatic rings. The van der Waals surface area contributed by atoms with Gasteiger partial charge in [-0.05, 0) is 35.9 Å². The molecule has 8 heteroatoms. The van der Waals surface area contributed by atoms with E-state index in [1.165, 1.54) is 25.2 Å². The lowest BCUT2D eigenvalue weighted by Gasteiger charge is -2.17. The summed E-state index contributed by atoms with van der Waals surface area (Å²) in [5, 5.41) is 2.49. The summed E-state index contributed by atoms with van der Waals surface area (Å²) < 4.78 is 36.9. The van der Waals surface area contributed by atoms with Crippen LogP contribution in [0, 0.1) is 6.92 Å². The van der Waals surface area contributed by atoms with E-state index >= 15 is 0 Å². The number of sulfonamides is 1. The molecule has 0 aliphatic carbocycles. The lowest BCUT2D eigenvalue weighted by atomic mass is 10.0. The highest BCUT2D eigenvalue weighted by Crippen LogP contribution is 2.27. The Labute approximate surface area is 184 Å². The SMILES string of the molecule is Cc1ccc(S(=O)(=O)N(C)CC(=O)OCc2cc(=O)oc3ccc4ccccc4c23)cc1. The molecule has 0 amide bonds. The number of fused-ring (bicyclic) bond motifs is 3. The number of likely N-dealkylation sites (N-methyl/N-ethyl adjacent to an activating group) is 1. The minimum absolute atomic E-state index is 0.0940. The monoisotopic (exact) mass is 451 g/mol.